The van der Waals surface area contributed by atoms with Crippen LogP contribution in [0.2, 0.25) is 0 Å². The Morgan fingerprint density at radius 2 is 1.97 bits per heavy atom. The second-order valence-electron chi connectivity index (χ2n) is 7.51. The summed E-state index contributed by atoms with van der Waals surface area (Å²) in [4.78, 5) is 14.6. The summed E-state index contributed by atoms with van der Waals surface area (Å²) in [5, 5.41) is 9.43. The summed E-state index contributed by atoms with van der Waals surface area (Å²) in [6.07, 6.45) is -4.41. The lowest BCUT2D eigenvalue weighted by Gasteiger charge is -2.38. The molecule has 1 amide bonds. The molecule has 1 aliphatic heterocycles. The Morgan fingerprint density at radius 1 is 1.20 bits per heavy atom. The molecular formula is C19H19F5N4O2. The van der Waals surface area contributed by atoms with Crippen LogP contribution in [0.25, 0.3) is 11.5 Å². The van der Waals surface area contributed by atoms with Crippen molar-refractivity contribution in [3.8, 4) is 11.5 Å². The van der Waals surface area contributed by atoms with Gasteiger partial charge >= 0.3 is 12.6 Å². The predicted molar refractivity (Wildman–Crippen MR) is 94.7 cm³/mol. The van der Waals surface area contributed by atoms with Gasteiger partial charge in [0.1, 0.15) is 0 Å². The van der Waals surface area contributed by atoms with Gasteiger partial charge in [0.25, 0.3) is 11.8 Å². The van der Waals surface area contributed by atoms with Crippen molar-refractivity contribution in [1.82, 2.24) is 20.4 Å². The first-order valence-electron chi connectivity index (χ1n) is 9.59. The summed E-state index contributed by atoms with van der Waals surface area (Å²) < 4.78 is 68.2. The Kier molecular flexibility index (Phi) is 5.48. The molecular weight excluding hydrogens is 411 g/mol. The maximum absolute atomic E-state index is 13.0. The molecule has 2 atom stereocenters. The van der Waals surface area contributed by atoms with Crippen molar-refractivity contribution in [1.29, 1.82) is 0 Å². The van der Waals surface area contributed by atoms with Gasteiger partial charge < -0.3 is 14.6 Å². The number of hydrogen-bond acceptors (Lipinski definition) is 5. The lowest BCUT2D eigenvalue weighted by molar-refractivity contribution is -0.127. The van der Waals surface area contributed by atoms with E-state index in [0.29, 0.717) is 24.0 Å². The van der Waals surface area contributed by atoms with Gasteiger partial charge in [-0.15, -0.1) is 10.2 Å². The number of fused-ring (bicyclic) bond motifs is 1. The van der Waals surface area contributed by atoms with Gasteiger partial charge in [-0.05, 0) is 30.5 Å². The van der Waals surface area contributed by atoms with E-state index in [1.165, 1.54) is 6.07 Å². The Morgan fingerprint density at radius 3 is 2.67 bits per heavy atom. The average Bonchev–Trinajstić information content (AvgIpc) is 3.31. The van der Waals surface area contributed by atoms with Crippen LogP contribution in [0.1, 0.15) is 53.9 Å². The summed E-state index contributed by atoms with van der Waals surface area (Å²) in [7, 11) is 0. The van der Waals surface area contributed by atoms with E-state index >= 15 is 0 Å². The molecule has 0 radical (unpaired) electrons. The lowest BCUT2D eigenvalue weighted by Crippen LogP contribution is -2.53. The van der Waals surface area contributed by atoms with Crippen LogP contribution in [0.5, 0.6) is 0 Å². The molecule has 0 saturated heterocycles. The summed E-state index contributed by atoms with van der Waals surface area (Å²) in [5.41, 5.74) is 1.42. The van der Waals surface area contributed by atoms with E-state index in [-0.39, 0.29) is 24.4 Å². The fourth-order valence-corrected chi connectivity index (χ4v) is 4.13. The van der Waals surface area contributed by atoms with Gasteiger partial charge in [0.15, 0.2) is 0 Å². The zero-order chi connectivity index (χ0) is 21.5. The van der Waals surface area contributed by atoms with Crippen LogP contribution in [0.15, 0.2) is 22.6 Å². The monoisotopic (exact) mass is 430 g/mol. The lowest BCUT2D eigenvalue weighted by atomic mass is 9.89. The Balaban J connectivity index is 1.54. The van der Waals surface area contributed by atoms with Gasteiger partial charge in [0.2, 0.25) is 5.89 Å². The molecule has 1 N–H and O–H groups in total. The average molecular weight is 430 g/mol. The molecule has 30 heavy (non-hydrogen) atoms. The first-order valence-corrected chi connectivity index (χ1v) is 9.59. The quantitative estimate of drug-likeness (QED) is 0.724. The second-order valence-corrected chi connectivity index (χ2v) is 7.51. The molecule has 2 aromatic rings. The summed E-state index contributed by atoms with van der Waals surface area (Å²) in [6, 6.07) is 3.98. The number of rotatable bonds is 5. The number of hydrogen-bond donors (Lipinski definition) is 1. The van der Waals surface area contributed by atoms with Crippen molar-refractivity contribution in [2.75, 3.05) is 6.54 Å². The minimum absolute atomic E-state index is 0.123. The Bertz CT molecular complexity index is 930. The highest BCUT2D eigenvalue weighted by Gasteiger charge is 2.39. The molecule has 1 fully saturated rings. The first-order chi connectivity index (χ1) is 14.2. The molecule has 2 heterocycles. The van der Waals surface area contributed by atoms with Crippen molar-refractivity contribution in [2.24, 2.45) is 0 Å². The van der Waals surface area contributed by atoms with Crippen LogP contribution >= 0.6 is 0 Å². The topological polar surface area (TPSA) is 71.3 Å². The summed E-state index contributed by atoms with van der Waals surface area (Å²) in [6.45, 7) is -0.813. The van der Waals surface area contributed by atoms with Crippen LogP contribution in [0.3, 0.4) is 0 Å². The Labute approximate surface area is 168 Å². The number of halogens is 5. The van der Waals surface area contributed by atoms with Gasteiger partial charge in [0, 0.05) is 29.8 Å². The van der Waals surface area contributed by atoms with E-state index in [9.17, 15) is 26.7 Å². The number of amides is 1. The maximum atomic E-state index is 13.0. The number of carbonyl (C=O) groups excluding carboxylic acids is 1. The summed E-state index contributed by atoms with van der Waals surface area (Å²) >= 11 is 0. The van der Waals surface area contributed by atoms with Crippen molar-refractivity contribution in [2.45, 2.75) is 56.9 Å². The van der Waals surface area contributed by atoms with Crippen LogP contribution in [-0.4, -0.2) is 45.8 Å². The van der Waals surface area contributed by atoms with Crippen molar-refractivity contribution in [3.05, 3.63) is 35.2 Å². The molecule has 0 bridgehead atoms. The molecule has 4 rings (SSSR count). The number of carbonyl (C=O) groups is 1. The van der Waals surface area contributed by atoms with Crippen LogP contribution < -0.4 is 5.32 Å². The number of aromatic nitrogens is 2. The highest BCUT2D eigenvalue weighted by molar-refractivity contribution is 5.99. The largest absolute Gasteiger partial charge is 0.415 e. The van der Waals surface area contributed by atoms with Crippen LogP contribution in [0, 0.1) is 0 Å². The molecule has 1 aliphatic carbocycles. The summed E-state index contributed by atoms with van der Waals surface area (Å²) in [5.74, 6) is -1.23. The third-order valence-electron chi connectivity index (χ3n) is 5.51. The predicted octanol–water partition coefficient (Wildman–Crippen LogP) is 4.09. The van der Waals surface area contributed by atoms with Crippen molar-refractivity contribution >= 4 is 5.91 Å². The normalized spacial score (nSPS) is 22.1. The standard InChI is InChI=1S/C19H19F5N4O2/c20-15(21)17-27-26-16(30-17)10-5-6-11-8-28(18(29)12(11)7-10)14-4-2-1-3-13(14)25-9-19(22,23)24/h5-7,13-15,25H,1-4,8-9H2/t13-,14-/m1/s1. The molecule has 1 aromatic heterocycles. The number of alkyl halides is 5. The fourth-order valence-electron chi connectivity index (χ4n) is 4.13. The van der Waals surface area contributed by atoms with Crippen molar-refractivity contribution in [3.63, 3.8) is 0 Å². The molecule has 162 valence electrons. The second kappa shape index (κ2) is 7.93. The SMILES string of the molecule is O=C1c2cc(-c3nnc(C(F)F)o3)ccc2CN1[C@@H]1CCCC[C@H]1NCC(F)(F)F. The highest BCUT2D eigenvalue weighted by Crippen LogP contribution is 2.34. The molecule has 0 unspecified atom stereocenters. The Hall–Kier alpha value is -2.56. The highest BCUT2D eigenvalue weighted by atomic mass is 19.4. The van der Waals surface area contributed by atoms with E-state index in [1.807, 2.05) is 0 Å². The van der Waals surface area contributed by atoms with Crippen LogP contribution in [-0.2, 0) is 6.54 Å². The number of nitrogens with one attached hydrogen (secondary N) is 1. The third kappa shape index (κ3) is 4.16. The van der Waals surface area contributed by atoms with Gasteiger partial charge in [0.05, 0.1) is 6.54 Å². The fraction of sp³-hybridized carbons (Fsp3) is 0.526. The van der Waals surface area contributed by atoms with Gasteiger partial charge in [-0.25, -0.2) is 0 Å². The van der Waals surface area contributed by atoms with Gasteiger partial charge in [-0.1, -0.05) is 18.9 Å². The van der Waals surface area contributed by atoms with Crippen LogP contribution in [0.4, 0.5) is 22.0 Å². The van der Waals surface area contributed by atoms with E-state index in [1.54, 1.807) is 17.0 Å². The molecule has 1 saturated carbocycles. The molecule has 6 nitrogen and oxygen atoms in total. The van der Waals surface area contributed by atoms with E-state index < -0.39 is 31.1 Å². The third-order valence-corrected chi connectivity index (χ3v) is 5.51. The molecule has 1 aromatic carbocycles. The van der Waals surface area contributed by atoms with E-state index in [2.05, 4.69) is 15.5 Å². The molecule has 2 aliphatic rings. The van der Waals surface area contributed by atoms with Crippen molar-refractivity contribution < 1.29 is 31.2 Å². The first kappa shape index (κ1) is 20.7. The van der Waals surface area contributed by atoms with E-state index in [0.717, 1.165) is 18.4 Å². The van der Waals surface area contributed by atoms with E-state index in [4.69, 9.17) is 4.42 Å². The van der Waals surface area contributed by atoms with Gasteiger partial charge in [-0.2, -0.15) is 22.0 Å². The minimum Gasteiger partial charge on any atom is -0.415 e. The van der Waals surface area contributed by atoms with Gasteiger partial charge in [-0.3, -0.25) is 4.79 Å². The zero-order valence-corrected chi connectivity index (χ0v) is 15.8. The maximum Gasteiger partial charge on any atom is 0.401 e. The molecule has 11 heteroatoms. The molecule has 0 spiro atoms. The minimum atomic E-state index is -4.32. The number of benzene rings is 1. The zero-order valence-electron chi connectivity index (χ0n) is 15.8. The smallest absolute Gasteiger partial charge is 0.401 e. The number of nitrogens with zero attached hydrogens (tertiary/aromatic N) is 3.